The van der Waals surface area contributed by atoms with Gasteiger partial charge in [-0.3, -0.25) is 14.2 Å². The number of nitrogens with one attached hydrogen (secondary N) is 1. The number of aryl methyl sites for hydroxylation is 1. The Hall–Kier alpha value is -2.61. The maximum absolute atomic E-state index is 13.3. The molecule has 0 saturated carbocycles. The average molecular weight is 389 g/mol. The molecule has 1 N–H and O–H groups in total. The van der Waals surface area contributed by atoms with E-state index in [0.29, 0.717) is 16.1 Å². The lowest BCUT2D eigenvalue weighted by atomic mass is 9.89. The summed E-state index contributed by atoms with van der Waals surface area (Å²) in [4.78, 5) is 31.4. The van der Waals surface area contributed by atoms with Gasteiger partial charge in [0, 0.05) is 16.6 Å². The second-order valence-electron chi connectivity index (χ2n) is 6.89. The average Bonchev–Trinajstić information content (AvgIpc) is 2.98. The SMILES string of the molecule is CC1CCc2c(sc3ncn(CC(=O)Nc4ccc(F)c(F)c4)c(=O)c23)C1. The van der Waals surface area contributed by atoms with Crippen LogP contribution in [0, 0.1) is 17.6 Å². The molecule has 2 heterocycles. The number of rotatable bonds is 3. The molecule has 1 atom stereocenters. The van der Waals surface area contributed by atoms with Gasteiger partial charge in [0.2, 0.25) is 5.91 Å². The Kier molecular flexibility index (Phi) is 4.51. The van der Waals surface area contributed by atoms with Crippen LogP contribution in [0.15, 0.2) is 29.3 Å². The Morgan fingerprint density at radius 1 is 1.37 bits per heavy atom. The molecule has 1 aliphatic carbocycles. The van der Waals surface area contributed by atoms with E-state index in [0.717, 1.165) is 37.0 Å². The molecule has 1 unspecified atom stereocenters. The molecule has 8 heteroatoms. The van der Waals surface area contributed by atoms with Crippen LogP contribution in [0.3, 0.4) is 0 Å². The van der Waals surface area contributed by atoms with Gasteiger partial charge in [-0.15, -0.1) is 11.3 Å². The molecular formula is C19H17F2N3O2S. The van der Waals surface area contributed by atoms with Crippen LogP contribution in [0.1, 0.15) is 23.8 Å². The summed E-state index contributed by atoms with van der Waals surface area (Å²) in [7, 11) is 0. The molecule has 3 aromatic rings. The topological polar surface area (TPSA) is 64.0 Å². The second-order valence-corrected chi connectivity index (χ2v) is 7.97. The smallest absolute Gasteiger partial charge is 0.262 e. The molecule has 0 saturated heterocycles. The minimum absolute atomic E-state index is 0.128. The summed E-state index contributed by atoms with van der Waals surface area (Å²) < 4.78 is 27.5. The minimum atomic E-state index is -1.05. The number of benzene rings is 1. The van der Waals surface area contributed by atoms with Crippen molar-refractivity contribution in [3.63, 3.8) is 0 Å². The molecule has 5 nitrogen and oxygen atoms in total. The Balaban J connectivity index is 1.60. The van der Waals surface area contributed by atoms with Gasteiger partial charge in [0.15, 0.2) is 11.6 Å². The summed E-state index contributed by atoms with van der Waals surface area (Å²) in [5.41, 5.74) is 0.941. The first-order valence-corrected chi connectivity index (χ1v) is 9.48. The van der Waals surface area contributed by atoms with E-state index < -0.39 is 17.5 Å². The maximum Gasteiger partial charge on any atom is 0.262 e. The van der Waals surface area contributed by atoms with Gasteiger partial charge in [-0.25, -0.2) is 13.8 Å². The van der Waals surface area contributed by atoms with Gasteiger partial charge < -0.3 is 5.32 Å². The summed E-state index contributed by atoms with van der Waals surface area (Å²) in [6.07, 6.45) is 4.19. The first-order chi connectivity index (χ1) is 12.9. The van der Waals surface area contributed by atoms with E-state index in [2.05, 4.69) is 17.2 Å². The largest absolute Gasteiger partial charge is 0.324 e. The highest BCUT2D eigenvalue weighted by molar-refractivity contribution is 7.18. The highest BCUT2D eigenvalue weighted by atomic mass is 32.1. The van der Waals surface area contributed by atoms with Crippen molar-refractivity contribution in [1.82, 2.24) is 9.55 Å². The van der Waals surface area contributed by atoms with E-state index in [-0.39, 0.29) is 17.8 Å². The summed E-state index contributed by atoms with van der Waals surface area (Å²) in [6, 6.07) is 3.09. The fourth-order valence-corrected chi connectivity index (χ4v) is 4.75. The molecule has 4 rings (SSSR count). The highest BCUT2D eigenvalue weighted by Gasteiger charge is 2.23. The first kappa shape index (κ1) is 17.8. The van der Waals surface area contributed by atoms with Crippen LogP contribution in [-0.2, 0) is 24.2 Å². The molecule has 0 aliphatic heterocycles. The zero-order valence-electron chi connectivity index (χ0n) is 14.6. The number of aromatic nitrogens is 2. The van der Waals surface area contributed by atoms with Gasteiger partial charge in [-0.2, -0.15) is 0 Å². The van der Waals surface area contributed by atoms with Gasteiger partial charge >= 0.3 is 0 Å². The fraction of sp³-hybridized carbons (Fsp3) is 0.316. The quantitative estimate of drug-likeness (QED) is 0.746. The Morgan fingerprint density at radius 2 is 2.19 bits per heavy atom. The number of fused-ring (bicyclic) bond motifs is 3. The third-order valence-corrected chi connectivity index (χ3v) is 5.96. The van der Waals surface area contributed by atoms with Crippen LogP contribution >= 0.6 is 11.3 Å². The molecule has 140 valence electrons. The number of hydrogen-bond donors (Lipinski definition) is 1. The molecular weight excluding hydrogens is 372 g/mol. The van der Waals surface area contributed by atoms with Crippen LogP contribution in [0.2, 0.25) is 0 Å². The molecule has 1 aliphatic rings. The summed E-state index contributed by atoms with van der Waals surface area (Å²) in [5.74, 6) is -1.96. The normalized spacial score (nSPS) is 16.3. The third-order valence-electron chi connectivity index (χ3n) is 4.80. The second kappa shape index (κ2) is 6.84. The zero-order valence-corrected chi connectivity index (χ0v) is 15.4. The Morgan fingerprint density at radius 3 is 2.96 bits per heavy atom. The van der Waals surface area contributed by atoms with E-state index in [1.165, 1.54) is 21.8 Å². The van der Waals surface area contributed by atoms with Crippen molar-refractivity contribution in [2.75, 3.05) is 5.32 Å². The van der Waals surface area contributed by atoms with Gasteiger partial charge in [-0.1, -0.05) is 6.92 Å². The number of nitrogens with zero attached hydrogens (tertiary/aromatic N) is 2. The zero-order chi connectivity index (χ0) is 19.1. The lowest BCUT2D eigenvalue weighted by molar-refractivity contribution is -0.116. The first-order valence-electron chi connectivity index (χ1n) is 8.67. The molecule has 0 bridgehead atoms. The van der Waals surface area contributed by atoms with Gasteiger partial charge in [0.05, 0.1) is 11.7 Å². The van der Waals surface area contributed by atoms with Crippen molar-refractivity contribution in [3.05, 3.63) is 57.0 Å². The molecule has 0 fully saturated rings. The van der Waals surface area contributed by atoms with Crippen molar-refractivity contribution in [2.45, 2.75) is 32.7 Å². The third kappa shape index (κ3) is 3.37. The van der Waals surface area contributed by atoms with Crippen molar-refractivity contribution >= 4 is 33.1 Å². The van der Waals surface area contributed by atoms with Crippen LogP contribution in [0.5, 0.6) is 0 Å². The van der Waals surface area contributed by atoms with Crippen molar-refractivity contribution in [2.24, 2.45) is 5.92 Å². The number of thiophene rings is 1. The summed E-state index contributed by atoms with van der Waals surface area (Å²) in [6.45, 7) is 1.95. The van der Waals surface area contributed by atoms with Gasteiger partial charge in [0.1, 0.15) is 11.4 Å². The molecule has 27 heavy (non-hydrogen) atoms. The molecule has 0 radical (unpaired) electrons. The predicted molar refractivity (Wildman–Crippen MR) is 100 cm³/mol. The van der Waals surface area contributed by atoms with Crippen molar-refractivity contribution in [1.29, 1.82) is 0 Å². The van der Waals surface area contributed by atoms with E-state index in [1.807, 2.05) is 0 Å². The predicted octanol–water partition coefficient (Wildman–Crippen LogP) is 3.50. The Bertz CT molecular complexity index is 1110. The highest BCUT2D eigenvalue weighted by Crippen LogP contribution is 2.35. The number of amides is 1. The van der Waals surface area contributed by atoms with Gasteiger partial charge in [-0.05, 0) is 42.9 Å². The fourth-order valence-electron chi connectivity index (χ4n) is 3.41. The molecule has 1 amide bonds. The monoisotopic (exact) mass is 389 g/mol. The Labute approximate surface area is 157 Å². The van der Waals surface area contributed by atoms with Crippen LogP contribution in [-0.4, -0.2) is 15.5 Å². The number of carbonyl (C=O) groups is 1. The van der Waals surface area contributed by atoms with E-state index in [4.69, 9.17) is 0 Å². The maximum atomic E-state index is 13.3. The summed E-state index contributed by atoms with van der Waals surface area (Å²) >= 11 is 1.55. The van der Waals surface area contributed by atoms with Crippen LogP contribution in [0.25, 0.3) is 10.2 Å². The lowest BCUT2D eigenvalue weighted by Crippen LogP contribution is -2.28. The minimum Gasteiger partial charge on any atom is -0.324 e. The number of carbonyl (C=O) groups excluding carboxylic acids is 1. The van der Waals surface area contributed by atoms with Crippen LogP contribution in [0.4, 0.5) is 14.5 Å². The standard InChI is InChI=1S/C19H17F2N3O2S/c1-10-2-4-12-15(6-10)27-18-17(12)19(26)24(9-22-18)8-16(25)23-11-3-5-13(20)14(21)7-11/h3,5,7,9-10H,2,4,6,8H2,1H3,(H,23,25). The molecule has 1 aromatic carbocycles. The van der Waals surface area contributed by atoms with Gasteiger partial charge in [0.25, 0.3) is 5.56 Å². The molecule has 0 spiro atoms. The number of halogens is 2. The number of anilines is 1. The van der Waals surface area contributed by atoms with Crippen molar-refractivity contribution in [3.8, 4) is 0 Å². The summed E-state index contributed by atoms with van der Waals surface area (Å²) in [5, 5.41) is 3.07. The van der Waals surface area contributed by atoms with E-state index in [9.17, 15) is 18.4 Å². The number of hydrogen-bond acceptors (Lipinski definition) is 4. The van der Waals surface area contributed by atoms with E-state index >= 15 is 0 Å². The molecule has 2 aromatic heterocycles. The lowest BCUT2D eigenvalue weighted by Gasteiger charge is -2.17. The van der Waals surface area contributed by atoms with Crippen LogP contribution < -0.4 is 10.9 Å². The van der Waals surface area contributed by atoms with E-state index in [1.54, 1.807) is 11.3 Å². The van der Waals surface area contributed by atoms with Crippen molar-refractivity contribution < 1.29 is 13.6 Å².